The molecule has 1 fully saturated rings. The highest BCUT2D eigenvalue weighted by Crippen LogP contribution is 2.37. The molecule has 1 aliphatic rings. The van der Waals surface area contributed by atoms with E-state index in [9.17, 15) is 13.9 Å². The Balaban J connectivity index is 1.57. The van der Waals surface area contributed by atoms with E-state index in [1.54, 1.807) is 11.7 Å². The van der Waals surface area contributed by atoms with Crippen LogP contribution < -0.4 is 16.8 Å². The number of halogens is 3. The number of ether oxygens (including phenoxy) is 1. The van der Waals surface area contributed by atoms with Gasteiger partial charge in [-0.05, 0) is 31.0 Å². The number of aryl methyl sites for hydroxylation is 1. The van der Waals surface area contributed by atoms with Gasteiger partial charge in [0, 0.05) is 23.7 Å². The molecule has 0 amide bonds. The molecule has 0 radical (unpaired) electrons. The summed E-state index contributed by atoms with van der Waals surface area (Å²) >= 11 is 7.01. The van der Waals surface area contributed by atoms with E-state index >= 15 is 0 Å². The number of anilines is 2. The van der Waals surface area contributed by atoms with Crippen molar-refractivity contribution in [3.05, 3.63) is 46.6 Å². The first-order chi connectivity index (χ1) is 15.2. The lowest BCUT2D eigenvalue weighted by atomic mass is 10.0. The van der Waals surface area contributed by atoms with Crippen molar-refractivity contribution in [2.45, 2.75) is 37.4 Å². The number of benzene rings is 1. The Hall–Kier alpha value is -2.31. The number of hydrogen-bond donors (Lipinski definition) is 4. The van der Waals surface area contributed by atoms with E-state index in [4.69, 9.17) is 27.8 Å². The minimum atomic E-state index is -1.30. The highest BCUT2D eigenvalue weighted by molar-refractivity contribution is 7.18. The van der Waals surface area contributed by atoms with Gasteiger partial charge in [-0.1, -0.05) is 22.9 Å². The van der Waals surface area contributed by atoms with E-state index in [1.165, 1.54) is 24.4 Å². The Labute approximate surface area is 192 Å². The Morgan fingerprint density at radius 1 is 1.41 bits per heavy atom. The number of hydrogen-bond acceptors (Lipinski definition) is 8. The van der Waals surface area contributed by atoms with Crippen molar-refractivity contribution in [2.24, 2.45) is 12.8 Å². The van der Waals surface area contributed by atoms with Crippen LogP contribution in [0.5, 0.6) is 0 Å². The molecule has 12 heteroatoms. The largest absolute Gasteiger partial charge is 0.389 e. The molecule has 0 spiro atoms. The monoisotopic (exact) mass is 484 g/mol. The molecule has 0 aliphatic carbocycles. The van der Waals surface area contributed by atoms with Crippen LogP contribution in [0.15, 0.2) is 24.4 Å². The molecule has 3 aromatic rings. The van der Waals surface area contributed by atoms with Crippen molar-refractivity contribution in [3.8, 4) is 10.6 Å². The Bertz CT molecular complexity index is 1100. The number of nitrogens with two attached hydrogens (primary N) is 2. The van der Waals surface area contributed by atoms with Crippen LogP contribution in [0.25, 0.3) is 10.6 Å². The molecular formula is C20H23ClF2N6O2S. The Morgan fingerprint density at radius 3 is 2.97 bits per heavy atom. The first-order valence-electron chi connectivity index (χ1n) is 9.94. The number of nitrogen functional groups attached to an aromatic ring is 1. The first kappa shape index (κ1) is 22.9. The molecule has 1 aromatic carbocycles. The van der Waals surface area contributed by atoms with Crippen LogP contribution >= 0.6 is 22.9 Å². The quantitative estimate of drug-likeness (QED) is 0.408. The molecule has 0 bridgehead atoms. The molecule has 1 unspecified atom stereocenters. The lowest BCUT2D eigenvalue weighted by molar-refractivity contribution is 0.0246. The third-order valence-electron chi connectivity index (χ3n) is 5.36. The van der Waals surface area contributed by atoms with E-state index in [2.05, 4.69) is 15.4 Å². The van der Waals surface area contributed by atoms with Gasteiger partial charge in [-0.3, -0.25) is 4.68 Å². The zero-order valence-electron chi connectivity index (χ0n) is 17.1. The molecule has 6 N–H and O–H groups in total. The van der Waals surface area contributed by atoms with Gasteiger partial charge in [0.05, 0.1) is 24.2 Å². The van der Waals surface area contributed by atoms with Crippen LogP contribution in [0.2, 0.25) is 5.02 Å². The SMILES string of the molecule is Cn1ncc(NC(O)c2nc(-c3cc(Cl)ccc3F)sc2N)c1[C@@H]1CC[C@@H](N)[C@H](F)CO1. The summed E-state index contributed by atoms with van der Waals surface area (Å²) in [5.41, 5.74) is 13.3. The van der Waals surface area contributed by atoms with Gasteiger partial charge in [0.25, 0.3) is 0 Å². The topological polar surface area (TPSA) is 124 Å². The summed E-state index contributed by atoms with van der Waals surface area (Å²) in [5, 5.41) is 18.8. The van der Waals surface area contributed by atoms with Crippen molar-refractivity contribution in [3.63, 3.8) is 0 Å². The van der Waals surface area contributed by atoms with E-state index in [0.717, 1.165) is 11.3 Å². The van der Waals surface area contributed by atoms with E-state index < -0.39 is 30.4 Å². The summed E-state index contributed by atoms with van der Waals surface area (Å²) < 4.78 is 35.5. The number of nitrogens with one attached hydrogen (secondary N) is 1. The van der Waals surface area contributed by atoms with Crippen LogP contribution in [-0.4, -0.2) is 38.7 Å². The lowest BCUT2D eigenvalue weighted by Crippen LogP contribution is -2.32. The molecule has 172 valence electrons. The van der Waals surface area contributed by atoms with Gasteiger partial charge in [-0.2, -0.15) is 5.10 Å². The average molecular weight is 485 g/mol. The van der Waals surface area contributed by atoms with Crippen molar-refractivity contribution in [2.75, 3.05) is 17.7 Å². The Morgan fingerprint density at radius 2 is 2.19 bits per heavy atom. The highest BCUT2D eigenvalue weighted by Gasteiger charge is 2.30. The summed E-state index contributed by atoms with van der Waals surface area (Å²) in [5.74, 6) is -0.499. The summed E-state index contributed by atoms with van der Waals surface area (Å²) in [7, 11) is 1.73. The fourth-order valence-electron chi connectivity index (χ4n) is 3.63. The van der Waals surface area contributed by atoms with Crippen LogP contribution in [-0.2, 0) is 11.8 Å². The number of rotatable bonds is 5. The smallest absolute Gasteiger partial charge is 0.171 e. The predicted octanol–water partition coefficient (Wildman–Crippen LogP) is 3.54. The Kier molecular flexibility index (Phi) is 6.63. The van der Waals surface area contributed by atoms with Crippen LogP contribution in [0.1, 0.15) is 36.6 Å². The average Bonchev–Trinajstić information content (AvgIpc) is 3.27. The number of alkyl halides is 1. The number of thiazole rings is 1. The van der Waals surface area contributed by atoms with E-state index in [-0.39, 0.29) is 22.9 Å². The molecule has 8 nitrogen and oxygen atoms in total. The molecule has 3 heterocycles. The second-order valence-electron chi connectivity index (χ2n) is 7.59. The molecule has 1 saturated heterocycles. The minimum absolute atomic E-state index is 0.118. The van der Waals surface area contributed by atoms with Crippen molar-refractivity contribution >= 4 is 33.6 Å². The normalized spacial score (nSPS) is 22.5. The molecule has 4 atom stereocenters. The second kappa shape index (κ2) is 9.28. The van der Waals surface area contributed by atoms with Crippen LogP contribution in [0.3, 0.4) is 0 Å². The standard InChI is InChI=1S/C20H23ClF2N6O2S/c1-29-17(15-5-4-13(24)12(23)8-31-15)14(7-26-29)27-19(30)16-18(25)32-20(28-16)10-6-9(21)2-3-11(10)22/h2-3,6-7,12-13,15,19,27,30H,4-5,8,24-25H2,1H3/t12-,13-,15+,19?/m1/s1. The summed E-state index contributed by atoms with van der Waals surface area (Å²) in [4.78, 5) is 4.32. The number of aliphatic hydroxyl groups excluding tert-OH is 1. The fraction of sp³-hybridized carbons (Fsp3) is 0.400. The maximum absolute atomic E-state index is 14.2. The van der Waals surface area contributed by atoms with Gasteiger partial charge in [-0.25, -0.2) is 13.8 Å². The highest BCUT2D eigenvalue weighted by atomic mass is 35.5. The van der Waals surface area contributed by atoms with E-state index in [1.807, 2.05) is 0 Å². The van der Waals surface area contributed by atoms with Gasteiger partial charge >= 0.3 is 0 Å². The number of aliphatic hydroxyl groups is 1. The first-order valence-corrected chi connectivity index (χ1v) is 11.1. The third kappa shape index (κ3) is 4.57. The molecule has 1 aliphatic heterocycles. The molecule has 4 rings (SSSR count). The van der Waals surface area contributed by atoms with Gasteiger partial charge < -0.3 is 26.6 Å². The summed E-state index contributed by atoms with van der Waals surface area (Å²) in [6.07, 6.45) is -0.509. The second-order valence-corrected chi connectivity index (χ2v) is 9.05. The molecule has 0 saturated carbocycles. The number of nitrogens with zero attached hydrogens (tertiary/aromatic N) is 3. The van der Waals surface area contributed by atoms with Gasteiger partial charge in [0.15, 0.2) is 6.23 Å². The summed E-state index contributed by atoms with van der Waals surface area (Å²) in [6.45, 7) is -0.118. The maximum atomic E-state index is 14.2. The van der Waals surface area contributed by atoms with Crippen LogP contribution in [0.4, 0.5) is 19.5 Å². The fourth-order valence-corrected chi connectivity index (χ4v) is 4.68. The van der Waals surface area contributed by atoms with Gasteiger partial charge in [-0.15, -0.1) is 0 Å². The maximum Gasteiger partial charge on any atom is 0.171 e. The van der Waals surface area contributed by atoms with E-state index in [0.29, 0.717) is 34.3 Å². The zero-order valence-corrected chi connectivity index (χ0v) is 18.7. The molecular weight excluding hydrogens is 462 g/mol. The van der Waals surface area contributed by atoms with Crippen LogP contribution in [0, 0.1) is 5.82 Å². The molecule has 32 heavy (non-hydrogen) atoms. The predicted molar refractivity (Wildman–Crippen MR) is 120 cm³/mol. The minimum Gasteiger partial charge on any atom is -0.389 e. The van der Waals surface area contributed by atoms with Gasteiger partial charge in [0.2, 0.25) is 0 Å². The molecule has 2 aromatic heterocycles. The van der Waals surface area contributed by atoms with Crippen molar-refractivity contribution in [1.82, 2.24) is 14.8 Å². The third-order valence-corrected chi connectivity index (χ3v) is 6.53. The number of aromatic nitrogens is 3. The van der Waals surface area contributed by atoms with Gasteiger partial charge in [0.1, 0.15) is 33.8 Å². The van der Waals surface area contributed by atoms with Crippen molar-refractivity contribution in [1.29, 1.82) is 0 Å². The zero-order chi connectivity index (χ0) is 23.0. The lowest BCUT2D eigenvalue weighted by Gasteiger charge is -2.19. The summed E-state index contributed by atoms with van der Waals surface area (Å²) in [6, 6.07) is 3.54. The van der Waals surface area contributed by atoms with Crippen molar-refractivity contribution < 1.29 is 18.6 Å².